The second-order valence-electron chi connectivity index (χ2n) is 10.6. The molecule has 0 spiro atoms. The number of phenols is 2. The number of cyclic esters (lactones) is 1. The average Bonchev–Trinajstić information content (AvgIpc) is 3.22. The predicted octanol–water partition coefficient (Wildman–Crippen LogP) is 8.59. The molecule has 1 heterocycles. The summed E-state index contributed by atoms with van der Waals surface area (Å²) in [5.41, 5.74) is 2.24. The van der Waals surface area contributed by atoms with Crippen LogP contribution in [0.15, 0.2) is 39.3 Å². The van der Waals surface area contributed by atoms with E-state index in [9.17, 15) is 24.9 Å². The molecule has 0 unspecified atom stereocenters. The molecule has 0 aliphatic carbocycles. The number of carboxylic acids is 1. The molecule has 0 fully saturated rings. The summed E-state index contributed by atoms with van der Waals surface area (Å²) in [6.45, 7) is 8.08. The van der Waals surface area contributed by atoms with Gasteiger partial charge in [0.25, 0.3) is 0 Å². The largest absolute Gasteiger partial charge is 0.507 e. The Balaban J connectivity index is 2.33. The van der Waals surface area contributed by atoms with Gasteiger partial charge in [-0.3, -0.25) is 0 Å². The van der Waals surface area contributed by atoms with Crippen LogP contribution in [0.25, 0.3) is 0 Å². The standard InChI is InChI=1S/C33H36Br2O6/c1-5-9-18-16-25(34)22(11-7-3)27(29(18)36)33(24-15-20(31(38)39)13-14-21(24)32(40)41-33)28-23(12-8-4)26(35)17-19(10-6-2)30(28)37/h13-17,36-37H,5-12H2,1-4H3,(H,38,39). The van der Waals surface area contributed by atoms with Crippen LogP contribution < -0.4 is 0 Å². The van der Waals surface area contributed by atoms with Crippen molar-refractivity contribution in [3.63, 3.8) is 0 Å². The quantitative estimate of drug-likeness (QED) is 0.175. The number of hydrogen-bond acceptors (Lipinski definition) is 5. The van der Waals surface area contributed by atoms with Crippen molar-refractivity contribution in [3.8, 4) is 11.5 Å². The van der Waals surface area contributed by atoms with E-state index < -0.39 is 17.5 Å². The Morgan fingerprint density at radius 3 is 1.66 bits per heavy atom. The van der Waals surface area contributed by atoms with E-state index in [4.69, 9.17) is 4.74 Å². The minimum absolute atomic E-state index is 0.0151. The number of carboxylic acid groups (broad SMARTS) is 1. The number of aryl methyl sites for hydroxylation is 2. The molecule has 0 aromatic heterocycles. The van der Waals surface area contributed by atoms with Crippen molar-refractivity contribution >= 4 is 43.8 Å². The number of carbonyl (C=O) groups excluding carboxylic acids is 1. The van der Waals surface area contributed by atoms with E-state index in [2.05, 4.69) is 31.9 Å². The molecule has 6 nitrogen and oxygen atoms in total. The van der Waals surface area contributed by atoms with E-state index in [0.29, 0.717) is 53.5 Å². The van der Waals surface area contributed by atoms with E-state index in [1.165, 1.54) is 18.2 Å². The maximum Gasteiger partial charge on any atom is 0.340 e. The van der Waals surface area contributed by atoms with E-state index >= 15 is 0 Å². The van der Waals surface area contributed by atoms with Gasteiger partial charge in [-0.15, -0.1) is 0 Å². The zero-order chi connectivity index (χ0) is 30.1. The van der Waals surface area contributed by atoms with Gasteiger partial charge in [0.15, 0.2) is 5.60 Å². The molecule has 3 aromatic carbocycles. The van der Waals surface area contributed by atoms with Gasteiger partial charge in [0.1, 0.15) is 11.5 Å². The van der Waals surface area contributed by atoms with Crippen LogP contribution in [0.5, 0.6) is 11.5 Å². The molecule has 1 aliphatic heterocycles. The molecular weight excluding hydrogens is 652 g/mol. The Hall–Kier alpha value is -2.84. The Morgan fingerprint density at radius 1 is 0.780 bits per heavy atom. The maximum atomic E-state index is 13.7. The van der Waals surface area contributed by atoms with Crippen molar-refractivity contribution in [2.75, 3.05) is 0 Å². The number of ether oxygens (including phenoxy) is 1. The molecule has 0 amide bonds. The van der Waals surface area contributed by atoms with Crippen LogP contribution >= 0.6 is 31.9 Å². The number of esters is 1. The van der Waals surface area contributed by atoms with Gasteiger partial charge in [0, 0.05) is 14.5 Å². The summed E-state index contributed by atoms with van der Waals surface area (Å²) in [6.07, 6.45) is 5.24. The van der Waals surface area contributed by atoms with Crippen molar-refractivity contribution in [2.24, 2.45) is 0 Å². The highest BCUT2D eigenvalue weighted by molar-refractivity contribution is 9.10. The summed E-state index contributed by atoms with van der Waals surface area (Å²) in [4.78, 5) is 25.9. The van der Waals surface area contributed by atoms with Crippen LogP contribution in [0, 0.1) is 0 Å². The van der Waals surface area contributed by atoms with Gasteiger partial charge < -0.3 is 20.1 Å². The highest BCUT2D eigenvalue weighted by atomic mass is 79.9. The first-order chi connectivity index (χ1) is 19.6. The molecule has 3 N–H and O–H groups in total. The molecule has 41 heavy (non-hydrogen) atoms. The monoisotopic (exact) mass is 686 g/mol. The molecule has 8 heteroatoms. The average molecular weight is 688 g/mol. The minimum atomic E-state index is -1.79. The van der Waals surface area contributed by atoms with Crippen molar-refractivity contribution in [1.82, 2.24) is 0 Å². The number of benzene rings is 3. The fraction of sp³-hybridized carbons (Fsp3) is 0.394. The third kappa shape index (κ3) is 5.29. The van der Waals surface area contributed by atoms with Crippen LogP contribution in [0.4, 0.5) is 0 Å². The number of carbonyl (C=O) groups is 2. The summed E-state index contributed by atoms with van der Waals surface area (Å²) < 4.78 is 7.96. The number of phenolic OH excluding ortho intramolecular Hbond substituents is 2. The fourth-order valence-corrected chi connectivity index (χ4v) is 7.37. The van der Waals surface area contributed by atoms with Crippen LogP contribution in [-0.2, 0) is 36.0 Å². The Morgan fingerprint density at radius 2 is 1.24 bits per heavy atom. The lowest BCUT2D eigenvalue weighted by molar-refractivity contribution is 0.0233. The highest BCUT2D eigenvalue weighted by Crippen LogP contribution is 2.57. The molecule has 0 saturated carbocycles. The van der Waals surface area contributed by atoms with Gasteiger partial charge in [0.05, 0.1) is 22.3 Å². The van der Waals surface area contributed by atoms with E-state index in [0.717, 1.165) is 45.8 Å². The number of aromatic hydroxyl groups is 2. The number of fused-ring (bicyclic) bond motifs is 1. The molecule has 0 atom stereocenters. The number of hydrogen-bond donors (Lipinski definition) is 3. The van der Waals surface area contributed by atoms with Crippen molar-refractivity contribution in [1.29, 1.82) is 0 Å². The zero-order valence-corrected chi connectivity index (χ0v) is 27.0. The number of halogens is 2. The van der Waals surface area contributed by atoms with Crippen molar-refractivity contribution in [2.45, 2.75) is 84.7 Å². The first-order valence-corrected chi connectivity index (χ1v) is 15.8. The Bertz CT molecular complexity index is 1440. The van der Waals surface area contributed by atoms with Crippen LogP contribution in [-0.4, -0.2) is 27.3 Å². The molecule has 0 saturated heterocycles. The summed E-state index contributed by atoms with van der Waals surface area (Å²) >= 11 is 7.49. The number of aromatic carboxylic acids is 1. The fourth-order valence-electron chi connectivity index (χ4n) is 6.02. The van der Waals surface area contributed by atoms with E-state index in [1.807, 2.05) is 39.8 Å². The lowest BCUT2D eigenvalue weighted by Crippen LogP contribution is -2.33. The molecule has 0 bridgehead atoms. The first-order valence-electron chi connectivity index (χ1n) is 14.3. The minimum Gasteiger partial charge on any atom is -0.507 e. The third-order valence-electron chi connectivity index (χ3n) is 7.72. The molecule has 0 radical (unpaired) electrons. The first kappa shape index (κ1) is 31.1. The van der Waals surface area contributed by atoms with Crippen LogP contribution in [0.2, 0.25) is 0 Å². The third-order valence-corrected chi connectivity index (χ3v) is 9.13. The lowest BCUT2D eigenvalue weighted by atomic mass is 9.72. The van der Waals surface area contributed by atoms with E-state index in [1.54, 1.807) is 0 Å². The molecule has 3 aromatic rings. The van der Waals surface area contributed by atoms with Gasteiger partial charge in [-0.05, 0) is 78.3 Å². The zero-order valence-electron chi connectivity index (χ0n) is 23.9. The molecular formula is C33H36Br2O6. The second-order valence-corrected chi connectivity index (χ2v) is 12.3. The van der Waals surface area contributed by atoms with Crippen molar-refractivity contribution < 1.29 is 29.6 Å². The summed E-state index contributed by atoms with van der Waals surface area (Å²) in [7, 11) is 0. The van der Waals surface area contributed by atoms with Crippen molar-refractivity contribution in [3.05, 3.63) is 89.3 Å². The van der Waals surface area contributed by atoms with E-state index in [-0.39, 0.29) is 22.6 Å². The molecule has 4 rings (SSSR count). The maximum absolute atomic E-state index is 13.7. The molecule has 218 valence electrons. The van der Waals surface area contributed by atoms with Crippen LogP contribution in [0.1, 0.15) is 113 Å². The van der Waals surface area contributed by atoms with Gasteiger partial charge in [-0.2, -0.15) is 0 Å². The number of rotatable bonds is 11. The Labute approximate surface area is 258 Å². The predicted molar refractivity (Wildman–Crippen MR) is 166 cm³/mol. The smallest absolute Gasteiger partial charge is 0.340 e. The van der Waals surface area contributed by atoms with Gasteiger partial charge >= 0.3 is 11.9 Å². The molecule has 1 aliphatic rings. The second kappa shape index (κ2) is 12.6. The highest BCUT2D eigenvalue weighted by Gasteiger charge is 2.54. The summed E-state index contributed by atoms with van der Waals surface area (Å²) in [5.74, 6) is -1.83. The van der Waals surface area contributed by atoms with Gasteiger partial charge in [-0.1, -0.05) is 85.2 Å². The topological polar surface area (TPSA) is 104 Å². The Kier molecular flexibility index (Phi) is 9.54. The van der Waals surface area contributed by atoms with Gasteiger partial charge in [0.2, 0.25) is 0 Å². The van der Waals surface area contributed by atoms with Crippen LogP contribution in [0.3, 0.4) is 0 Å². The SMILES string of the molecule is CCCc1cc(Br)c(CCC)c(C2(c3c(O)c(CCC)cc(Br)c3CCC)OC(=O)c3ccc(C(=O)O)cc32)c1O. The summed E-state index contributed by atoms with van der Waals surface area (Å²) in [5, 5.41) is 34.1. The lowest BCUT2D eigenvalue weighted by Gasteiger charge is -2.36. The normalized spacial score (nSPS) is 13.8. The van der Waals surface area contributed by atoms with Gasteiger partial charge in [-0.25, -0.2) is 9.59 Å². The summed E-state index contributed by atoms with van der Waals surface area (Å²) in [6, 6.07) is 8.11.